The summed E-state index contributed by atoms with van der Waals surface area (Å²) in [6.45, 7) is 0. The van der Waals surface area contributed by atoms with E-state index in [-0.39, 0.29) is 16.9 Å². The molecule has 1 amide bonds. The lowest BCUT2D eigenvalue weighted by atomic mass is 9.93. The third-order valence-electron chi connectivity index (χ3n) is 3.66. The fourth-order valence-electron chi connectivity index (χ4n) is 2.50. The molecule has 0 bridgehead atoms. The molecule has 0 heterocycles. The Balaban J connectivity index is 2.31. The molecule has 2 aromatic carbocycles. The summed E-state index contributed by atoms with van der Waals surface area (Å²) in [6, 6.07) is 11.2. The molecule has 0 aromatic heterocycles. The molecular formula is C18H17NO6S. The number of carboxylic acid groups (broad SMARTS) is 2. The average Bonchev–Trinajstić information content (AvgIpc) is 2.64. The topological polar surface area (TPSA) is 124 Å². The molecular weight excluding hydrogens is 358 g/mol. The zero-order valence-electron chi connectivity index (χ0n) is 13.6. The molecule has 0 saturated carbocycles. The van der Waals surface area contributed by atoms with Gasteiger partial charge in [0, 0.05) is 0 Å². The van der Waals surface area contributed by atoms with Crippen molar-refractivity contribution in [3.8, 4) is 11.1 Å². The number of aryl methyl sites for hydroxylation is 1. The van der Waals surface area contributed by atoms with E-state index in [0.717, 1.165) is 0 Å². The summed E-state index contributed by atoms with van der Waals surface area (Å²) in [6.07, 6.45) is 0.414. The summed E-state index contributed by atoms with van der Waals surface area (Å²) in [4.78, 5) is 34.0. The minimum absolute atomic E-state index is 0.0687. The van der Waals surface area contributed by atoms with Crippen molar-refractivity contribution in [2.45, 2.75) is 6.42 Å². The van der Waals surface area contributed by atoms with E-state index in [1.807, 2.05) is 0 Å². The van der Waals surface area contributed by atoms with Gasteiger partial charge in [0.25, 0.3) is 5.91 Å². The number of hydrogen-bond acceptors (Lipinski definition) is 5. The number of nitrogens with one attached hydrogen (secondary N) is 1. The number of carboxylic acids is 2. The minimum atomic E-state index is -1.10. The molecule has 7 nitrogen and oxygen atoms in total. The summed E-state index contributed by atoms with van der Waals surface area (Å²) < 4.78 is 0. The van der Waals surface area contributed by atoms with E-state index in [0.29, 0.717) is 28.9 Å². The fraction of sp³-hybridized carbons (Fsp3) is 0.167. The lowest BCUT2D eigenvalue weighted by Crippen LogP contribution is -2.20. The SMILES string of the molecule is O=C(CSCCc1cccc(-c2cccc(C(=O)O)c2)c1C(=O)O)NO. The number of carbonyl (C=O) groups excluding carboxylic acids is 1. The van der Waals surface area contributed by atoms with Gasteiger partial charge in [-0.1, -0.05) is 30.3 Å². The van der Waals surface area contributed by atoms with Crippen LogP contribution in [0.1, 0.15) is 26.3 Å². The number of amides is 1. The minimum Gasteiger partial charge on any atom is -0.478 e. The molecule has 136 valence electrons. The monoisotopic (exact) mass is 375 g/mol. The summed E-state index contributed by atoms with van der Waals surface area (Å²) in [5.74, 6) is -2.15. The number of rotatable bonds is 8. The molecule has 0 aliphatic rings. The third kappa shape index (κ3) is 4.84. The van der Waals surface area contributed by atoms with E-state index in [1.165, 1.54) is 29.4 Å². The van der Waals surface area contributed by atoms with Gasteiger partial charge in [-0.25, -0.2) is 15.1 Å². The van der Waals surface area contributed by atoms with E-state index in [2.05, 4.69) is 0 Å². The Morgan fingerprint density at radius 3 is 2.38 bits per heavy atom. The zero-order chi connectivity index (χ0) is 19.1. The normalized spacial score (nSPS) is 10.3. The Bertz CT molecular complexity index is 836. The van der Waals surface area contributed by atoms with Crippen molar-refractivity contribution in [3.05, 3.63) is 59.2 Å². The van der Waals surface area contributed by atoms with Gasteiger partial charge in [-0.05, 0) is 41.0 Å². The van der Waals surface area contributed by atoms with Crippen LogP contribution >= 0.6 is 11.8 Å². The maximum absolute atomic E-state index is 11.8. The highest BCUT2D eigenvalue weighted by molar-refractivity contribution is 7.99. The molecule has 0 aliphatic carbocycles. The molecule has 0 atom stereocenters. The first-order valence-corrected chi connectivity index (χ1v) is 8.79. The van der Waals surface area contributed by atoms with Gasteiger partial charge >= 0.3 is 11.9 Å². The van der Waals surface area contributed by atoms with Crippen molar-refractivity contribution in [2.24, 2.45) is 0 Å². The summed E-state index contributed by atoms with van der Waals surface area (Å²) in [5, 5.41) is 27.2. The highest BCUT2D eigenvalue weighted by Gasteiger charge is 2.17. The fourth-order valence-corrected chi connectivity index (χ4v) is 3.26. The van der Waals surface area contributed by atoms with E-state index in [4.69, 9.17) is 10.3 Å². The molecule has 8 heteroatoms. The van der Waals surface area contributed by atoms with E-state index in [1.54, 1.807) is 30.3 Å². The standard InChI is InChI=1S/C18H17NO6S/c20-15(19-25)10-26-8-7-11-3-2-6-14(16(11)18(23)24)12-4-1-5-13(9-12)17(21)22/h1-6,9,25H,7-8,10H2,(H,19,20)(H,21,22)(H,23,24). The number of benzene rings is 2. The maximum Gasteiger partial charge on any atom is 0.336 e. The Labute approximate surface area is 153 Å². The van der Waals surface area contributed by atoms with Crippen LogP contribution < -0.4 is 5.48 Å². The molecule has 0 aliphatic heterocycles. The molecule has 2 rings (SSSR count). The predicted molar refractivity (Wildman–Crippen MR) is 96.8 cm³/mol. The highest BCUT2D eigenvalue weighted by Crippen LogP contribution is 2.28. The van der Waals surface area contributed by atoms with Crippen molar-refractivity contribution in [1.82, 2.24) is 5.48 Å². The van der Waals surface area contributed by atoms with Crippen LogP contribution in [0.2, 0.25) is 0 Å². The smallest absolute Gasteiger partial charge is 0.336 e. The van der Waals surface area contributed by atoms with Gasteiger partial charge in [-0.15, -0.1) is 0 Å². The van der Waals surface area contributed by atoms with Crippen molar-refractivity contribution in [2.75, 3.05) is 11.5 Å². The molecule has 0 unspecified atom stereocenters. The van der Waals surface area contributed by atoms with Crippen molar-refractivity contribution in [1.29, 1.82) is 0 Å². The van der Waals surface area contributed by atoms with E-state index in [9.17, 15) is 19.5 Å². The predicted octanol–water partition coefficient (Wildman–Crippen LogP) is 2.53. The number of carbonyl (C=O) groups is 3. The first-order valence-electron chi connectivity index (χ1n) is 7.63. The molecule has 0 saturated heterocycles. The number of aromatic carboxylic acids is 2. The van der Waals surface area contributed by atoms with E-state index >= 15 is 0 Å². The van der Waals surface area contributed by atoms with Crippen LogP contribution in [0, 0.1) is 0 Å². The van der Waals surface area contributed by atoms with Gasteiger partial charge in [-0.2, -0.15) is 11.8 Å². The van der Waals surface area contributed by atoms with Crippen LogP contribution in [0.15, 0.2) is 42.5 Å². The first kappa shape index (κ1) is 19.5. The third-order valence-corrected chi connectivity index (χ3v) is 4.62. The van der Waals surface area contributed by atoms with Crippen LogP contribution in [0.25, 0.3) is 11.1 Å². The van der Waals surface area contributed by atoms with E-state index < -0.39 is 17.8 Å². The summed E-state index contributed by atoms with van der Waals surface area (Å²) >= 11 is 1.27. The van der Waals surface area contributed by atoms with Gasteiger partial charge in [0.05, 0.1) is 16.9 Å². The Kier molecular flexibility index (Phi) is 6.76. The molecule has 4 N–H and O–H groups in total. The highest BCUT2D eigenvalue weighted by atomic mass is 32.2. The molecule has 2 aromatic rings. The number of hydroxylamine groups is 1. The second kappa shape index (κ2) is 9.02. The van der Waals surface area contributed by atoms with Crippen LogP contribution in [0.3, 0.4) is 0 Å². The maximum atomic E-state index is 11.8. The van der Waals surface area contributed by atoms with Gasteiger partial charge in [0.2, 0.25) is 0 Å². The molecule has 26 heavy (non-hydrogen) atoms. The Morgan fingerprint density at radius 1 is 1.00 bits per heavy atom. The van der Waals surface area contributed by atoms with Crippen molar-refractivity contribution < 1.29 is 29.8 Å². The van der Waals surface area contributed by atoms with Gasteiger partial charge in [0.1, 0.15) is 0 Å². The van der Waals surface area contributed by atoms with Crippen LogP contribution in [0.4, 0.5) is 0 Å². The first-order chi connectivity index (χ1) is 12.4. The van der Waals surface area contributed by atoms with Gasteiger partial charge in [0.15, 0.2) is 0 Å². The van der Waals surface area contributed by atoms with Crippen molar-refractivity contribution >= 4 is 29.6 Å². The number of thioether (sulfide) groups is 1. The van der Waals surface area contributed by atoms with Crippen molar-refractivity contribution in [3.63, 3.8) is 0 Å². The van der Waals surface area contributed by atoms with Gasteiger partial charge < -0.3 is 10.2 Å². The van der Waals surface area contributed by atoms with Gasteiger partial charge in [-0.3, -0.25) is 10.0 Å². The largest absolute Gasteiger partial charge is 0.478 e. The molecule has 0 radical (unpaired) electrons. The summed E-state index contributed by atoms with van der Waals surface area (Å²) in [5.41, 5.74) is 3.27. The lowest BCUT2D eigenvalue weighted by Gasteiger charge is -2.12. The molecule has 0 fully saturated rings. The second-order valence-electron chi connectivity index (χ2n) is 5.37. The average molecular weight is 375 g/mol. The number of hydrogen-bond donors (Lipinski definition) is 4. The van der Waals surface area contributed by atoms with Crippen LogP contribution in [0.5, 0.6) is 0 Å². The Hall–Kier alpha value is -2.84. The van der Waals surface area contributed by atoms with Crippen LogP contribution in [-0.4, -0.2) is 44.8 Å². The quantitative estimate of drug-likeness (QED) is 0.317. The summed E-state index contributed by atoms with van der Waals surface area (Å²) in [7, 11) is 0. The lowest BCUT2D eigenvalue weighted by molar-refractivity contribution is -0.126. The molecule has 0 spiro atoms. The zero-order valence-corrected chi connectivity index (χ0v) is 14.5. The second-order valence-corrected chi connectivity index (χ2v) is 6.47. The van der Waals surface area contributed by atoms with Crippen LogP contribution in [-0.2, 0) is 11.2 Å². The Morgan fingerprint density at radius 2 is 1.73 bits per heavy atom.